The van der Waals surface area contributed by atoms with Crippen LogP contribution in [0.5, 0.6) is 0 Å². The van der Waals surface area contributed by atoms with E-state index in [9.17, 15) is 4.48 Å². The molecule has 1 heterocycles. The van der Waals surface area contributed by atoms with Gasteiger partial charge in [-0.25, -0.2) is 0 Å². The van der Waals surface area contributed by atoms with E-state index in [0.29, 0.717) is 0 Å². The van der Waals surface area contributed by atoms with Crippen molar-refractivity contribution in [3.8, 4) is 0 Å². The van der Waals surface area contributed by atoms with Gasteiger partial charge in [0.2, 0.25) is 0 Å². The van der Waals surface area contributed by atoms with Crippen LogP contribution in [0.2, 0.25) is 15.9 Å². The van der Waals surface area contributed by atoms with Gasteiger partial charge in [0.1, 0.15) is 0 Å². The summed E-state index contributed by atoms with van der Waals surface area (Å²) in [5, 5.41) is -1.10. The Balaban J connectivity index is 0.000001000. The van der Waals surface area contributed by atoms with Gasteiger partial charge in [-0.1, -0.05) is 0 Å². The Morgan fingerprint density at radius 3 is 1.82 bits per heavy atom. The van der Waals surface area contributed by atoms with Crippen molar-refractivity contribution in [2.24, 2.45) is 0 Å². The van der Waals surface area contributed by atoms with Crippen molar-refractivity contribution in [1.29, 1.82) is 0 Å². The number of hydrogen-bond donors (Lipinski definition) is 0. The third-order valence-electron chi connectivity index (χ3n) is 0.693. The topological polar surface area (TPSA) is 29.7 Å². The quantitative estimate of drug-likeness (QED) is 0.724. The van der Waals surface area contributed by atoms with Gasteiger partial charge in [0.15, 0.2) is 0 Å². The zero-order valence-corrected chi connectivity index (χ0v) is 10.0. The van der Waals surface area contributed by atoms with Crippen molar-refractivity contribution < 1.29 is 42.0 Å². The summed E-state index contributed by atoms with van der Waals surface area (Å²) >= 11 is 15.6. The van der Waals surface area contributed by atoms with Crippen LogP contribution in [0.25, 0.3) is 0 Å². The first-order valence-electron chi connectivity index (χ1n) is 2.08. The van der Waals surface area contributed by atoms with E-state index in [-0.39, 0.29) is 42.8 Å². The van der Waals surface area contributed by atoms with Crippen LogP contribution in [0.3, 0.4) is 0 Å². The van der Waals surface area contributed by atoms with E-state index in [0.717, 1.165) is 0 Å². The summed E-state index contributed by atoms with van der Waals surface area (Å²) in [6, 6.07) is 0. The average Bonchev–Trinajstić information content (AvgIpc) is 1.82. The van der Waals surface area contributed by atoms with E-state index in [1.54, 1.807) is 0 Å². The summed E-state index contributed by atoms with van der Waals surface area (Å²) in [5.74, 6) is 0. The van der Waals surface area contributed by atoms with Gasteiger partial charge in [-0.2, -0.15) is 0 Å². The molecule has 0 spiro atoms. The van der Waals surface area contributed by atoms with Crippen molar-refractivity contribution in [3.63, 3.8) is 0 Å². The predicted molar refractivity (Wildman–Crippen MR) is 33.8 cm³/mol. The second-order valence-electron chi connectivity index (χ2n) is 1.31. The van der Waals surface area contributed by atoms with Crippen molar-refractivity contribution in [2.75, 3.05) is 0 Å². The molecule has 0 fully saturated rings. The molecule has 0 bridgehead atoms. The van der Waals surface area contributed by atoms with Gasteiger partial charge >= 0.3 is 15.9 Å². The van der Waals surface area contributed by atoms with Gasteiger partial charge in [-0.15, -0.1) is 0 Å². The standard InChI is InChI=1S/C3Cl3FN3.Y/c4-1-8-2(5)10(7)3(6)9-1;/q+1;. The Hall–Kier alpha value is 0.914. The molecule has 0 aliphatic heterocycles. The molecule has 1 aromatic heterocycles. The summed E-state index contributed by atoms with van der Waals surface area (Å²) in [7, 11) is 0. The average molecular weight is 292 g/mol. The molecular formula is C3Cl3FN3Y+. The maximum Gasteiger partial charge on any atom is 0.374 e. The van der Waals surface area contributed by atoms with Gasteiger partial charge in [0.25, 0.3) is 0 Å². The fourth-order valence-corrected chi connectivity index (χ4v) is 0.951. The number of aromatic nitrogens is 3. The Labute approximate surface area is 102 Å². The largest absolute Gasteiger partial charge is 0.374 e. The second kappa shape index (κ2) is 4.82. The number of halogens is 4. The van der Waals surface area contributed by atoms with Crippen molar-refractivity contribution in [2.45, 2.75) is 0 Å². The molecule has 3 nitrogen and oxygen atoms in total. The van der Waals surface area contributed by atoms with Gasteiger partial charge in [0, 0.05) is 32.7 Å². The molecule has 0 unspecified atom stereocenters. The maximum atomic E-state index is 12.4. The minimum absolute atomic E-state index is 0. The SMILES string of the molecule is F[n+]1c(Cl)nc(Cl)nc1Cl.[Y]. The number of rotatable bonds is 0. The van der Waals surface area contributed by atoms with Crippen LogP contribution < -0.4 is 4.79 Å². The molecule has 0 saturated carbocycles. The molecule has 0 N–H and O–H groups in total. The van der Waals surface area contributed by atoms with E-state index in [2.05, 4.69) is 9.97 Å². The first-order chi connectivity index (χ1) is 4.61. The first kappa shape index (κ1) is 11.9. The van der Waals surface area contributed by atoms with Crippen LogP contribution >= 0.6 is 34.8 Å². The molecule has 1 rings (SSSR count). The Morgan fingerprint density at radius 1 is 1.09 bits per heavy atom. The van der Waals surface area contributed by atoms with Crippen LogP contribution in [0, 0.1) is 0 Å². The smallest absolute Gasteiger partial charge is 0.0386 e. The van der Waals surface area contributed by atoms with Crippen LogP contribution in [0.1, 0.15) is 0 Å². The fraction of sp³-hybridized carbons (Fsp3) is 0. The normalized spacial score (nSPS) is 9.09. The van der Waals surface area contributed by atoms with Gasteiger partial charge < -0.3 is 0 Å². The van der Waals surface area contributed by atoms with Crippen molar-refractivity contribution in [1.82, 2.24) is 9.97 Å². The molecule has 8 heteroatoms. The maximum absolute atomic E-state index is 12.4. The van der Waals surface area contributed by atoms with E-state index >= 15 is 0 Å². The van der Waals surface area contributed by atoms with E-state index in [4.69, 9.17) is 34.8 Å². The molecule has 0 amide bonds. The summed E-state index contributed by atoms with van der Waals surface area (Å²) in [6.45, 7) is 0. The zero-order chi connectivity index (χ0) is 7.72. The summed E-state index contributed by atoms with van der Waals surface area (Å²) in [6.07, 6.45) is 0. The molecular weight excluding hydrogens is 292 g/mol. The third kappa shape index (κ3) is 3.03. The van der Waals surface area contributed by atoms with Crippen LogP contribution in [-0.2, 0) is 32.7 Å². The van der Waals surface area contributed by atoms with Gasteiger partial charge in [-0.3, -0.25) is 0 Å². The Kier molecular flexibility index (Phi) is 5.22. The number of nitrogens with zero attached hydrogens (tertiary/aromatic N) is 3. The van der Waals surface area contributed by atoms with Crippen LogP contribution in [-0.4, -0.2) is 9.97 Å². The van der Waals surface area contributed by atoms with Crippen LogP contribution in [0.15, 0.2) is 0 Å². The van der Waals surface area contributed by atoms with Crippen molar-refractivity contribution >= 4 is 34.8 Å². The minimum Gasteiger partial charge on any atom is -0.0386 e. The predicted octanol–water partition coefficient (Wildman–Crippen LogP) is 1.45. The second-order valence-corrected chi connectivity index (χ2v) is 2.33. The molecule has 1 radical (unpaired) electrons. The van der Waals surface area contributed by atoms with Crippen molar-refractivity contribution in [3.05, 3.63) is 15.9 Å². The van der Waals surface area contributed by atoms with Crippen LogP contribution in [0.4, 0.5) is 4.48 Å². The van der Waals surface area contributed by atoms with E-state index in [1.807, 2.05) is 0 Å². The first-order valence-corrected chi connectivity index (χ1v) is 3.21. The van der Waals surface area contributed by atoms with Gasteiger partial charge in [-0.05, 0) is 54.0 Å². The van der Waals surface area contributed by atoms with E-state index in [1.165, 1.54) is 0 Å². The monoisotopic (exact) mass is 291 g/mol. The minimum atomic E-state index is -0.454. The zero-order valence-electron chi connectivity index (χ0n) is 4.93. The summed E-state index contributed by atoms with van der Waals surface area (Å²) in [5.41, 5.74) is 0. The van der Waals surface area contributed by atoms with Gasteiger partial charge in [0.05, 0.1) is 0 Å². The summed E-state index contributed by atoms with van der Waals surface area (Å²) in [4.78, 5) is 6.43. The fourth-order valence-electron chi connectivity index (χ4n) is 0.341. The molecule has 0 aliphatic rings. The molecule has 1 aromatic rings. The number of hydrogen-bond acceptors (Lipinski definition) is 2. The Morgan fingerprint density at radius 2 is 1.45 bits per heavy atom. The molecule has 0 saturated heterocycles. The van der Waals surface area contributed by atoms with E-state index < -0.39 is 10.6 Å². The molecule has 0 aromatic carbocycles. The third-order valence-corrected chi connectivity index (χ3v) is 1.33. The molecule has 0 atom stereocenters. The Bertz CT molecular complexity index is 247. The molecule has 11 heavy (non-hydrogen) atoms. The molecule has 57 valence electrons. The molecule has 0 aliphatic carbocycles. The summed E-state index contributed by atoms with van der Waals surface area (Å²) < 4.78 is 12.4.